The van der Waals surface area contributed by atoms with Crippen LogP contribution in [-0.4, -0.2) is 25.2 Å². The molecule has 0 radical (unpaired) electrons. The monoisotopic (exact) mass is 234 g/mol. The normalized spacial score (nSPS) is 15.2. The Morgan fingerprint density at radius 2 is 2.31 bits per heavy atom. The number of rotatable bonds is 3. The highest BCUT2D eigenvalue weighted by Crippen LogP contribution is 2.38. The number of hydrogen-bond donors (Lipinski definition) is 1. The van der Waals surface area contributed by atoms with Crippen LogP contribution in [0.4, 0.5) is 5.69 Å². The Bertz CT molecular complexity index is 506. The van der Waals surface area contributed by atoms with Crippen molar-refractivity contribution >= 4 is 17.4 Å². The molecule has 1 saturated carbocycles. The number of anilines is 1. The molecule has 0 unspecified atom stereocenters. The number of hydrogen-bond acceptors (Lipinski definition) is 6. The molecule has 0 saturated heterocycles. The maximum atomic E-state index is 5.82. The molecule has 2 aromatic rings. The van der Waals surface area contributed by atoms with E-state index in [1.54, 1.807) is 6.20 Å². The molecule has 0 aromatic carbocycles. The van der Waals surface area contributed by atoms with Gasteiger partial charge in [-0.25, -0.2) is 9.67 Å². The first kappa shape index (κ1) is 9.59. The minimum absolute atomic E-state index is 0.461. The Morgan fingerprint density at radius 1 is 1.44 bits per heavy atom. The Labute approximate surface area is 96.2 Å². The Balaban J connectivity index is 1.88. The molecule has 2 heterocycles. The lowest BCUT2D eigenvalue weighted by Crippen LogP contribution is -1.99. The van der Waals surface area contributed by atoms with Crippen LogP contribution in [0.3, 0.4) is 0 Å². The summed E-state index contributed by atoms with van der Waals surface area (Å²) in [4.78, 5) is 4.20. The third-order valence-corrected chi connectivity index (χ3v) is 3.33. The van der Waals surface area contributed by atoms with Gasteiger partial charge in [0.1, 0.15) is 5.03 Å². The highest BCUT2D eigenvalue weighted by molar-refractivity contribution is 7.99. The molecule has 7 heteroatoms. The first-order valence-electron chi connectivity index (χ1n) is 5.01. The van der Waals surface area contributed by atoms with Crippen molar-refractivity contribution in [1.29, 1.82) is 0 Å². The van der Waals surface area contributed by atoms with E-state index < -0.39 is 0 Å². The van der Waals surface area contributed by atoms with Gasteiger partial charge in [0.25, 0.3) is 0 Å². The predicted octanol–water partition coefficient (Wildman–Crippen LogP) is 1.14. The second-order valence-electron chi connectivity index (χ2n) is 3.64. The van der Waals surface area contributed by atoms with Crippen molar-refractivity contribution in [2.24, 2.45) is 0 Å². The summed E-state index contributed by atoms with van der Waals surface area (Å²) in [6.45, 7) is 0. The number of aromatic nitrogens is 5. The van der Waals surface area contributed by atoms with Gasteiger partial charge in [-0.05, 0) is 47.2 Å². The van der Waals surface area contributed by atoms with Gasteiger partial charge in [-0.1, -0.05) is 0 Å². The van der Waals surface area contributed by atoms with Crippen molar-refractivity contribution < 1.29 is 0 Å². The third kappa shape index (κ3) is 1.73. The fourth-order valence-corrected chi connectivity index (χ4v) is 2.20. The van der Waals surface area contributed by atoms with Gasteiger partial charge in [-0.15, -0.1) is 5.10 Å². The summed E-state index contributed by atoms with van der Waals surface area (Å²) in [6, 6.07) is 4.09. The Morgan fingerprint density at radius 3 is 3.06 bits per heavy atom. The summed E-state index contributed by atoms with van der Waals surface area (Å²) in [5.74, 6) is 0. The molecule has 2 N–H and O–H groups in total. The predicted molar refractivity (Wildman–Crippen MR) is 58.9 cm³/mol. The molecule has 6 nitrogen and oxygen atoms in total. The fourth-order valence-electron chi connectivity index (χ4n) is 1.38. The van der Waals surface area contributed by atoms with Gasteiger partial charge in [-0.2, -0.15) is 0 Å². The highest BCUT2D eigenvalue weighted by atomic mass is 32.2. The van der Waals surface area contributed by atoms with Crippen LogP contribution in [0.5, 0.6) is 0 Å². The molecule has 0 atom stereocenters. The summed E-state index contributed by atoms with van der Waals surface area (Å²) in [5, 5.41) is 13.1. The van der Waals surface area contributed by atoms with Crippen LogP contribution in [0, 0.1) is 0 Å². The molecule has 2 aromatic heterocycles. The third-order valence-electron chi connectivity index (χ3n) is 2.34. The van der Waals surface area contributed by atoms with Gasteiger partial charge in [0.2, 0.25) is 5.16 Å². The van der Waals surface area contributed by atoms with Crippen molar-refractivity contribution in [3.8, 4) is 0 Å². The van der Waals surface area contributed by atoms with E-state index in [0.717, 1.165) is 23.0 Å². The van der Waals surface area contributed by atoms with Gasteiger partial charge in [0.15, 0.2) is 0 Å². The molecular formula is C9H10N6S. The van der Waals surface area contributed by atoms with Crippen molar-refractivity contribution in [2.45, 2.75) is 29.1 Å². The SMILES string of the molecule is Nc1cccnc1Sc1nnnn1C1CC1. The van der Waals surface area contributed by atoms with Gasteiger partial charge in [0.05, 0.1) is 11.7 Å². The van der Waals surface area contributed by atoms with E-state index in [9.17, 15) is 0 Å². The minimum atomic E-state index is 0.461. The standard InChI is InChI=1S/C9H10N6S/c10-7-2-1-5-11-8(7)16-9-12-13-14-15(9)6-3-4-6/h1-2,5-6H,3-4,10H2. The largest absolute Gasteiger partial charge is 0.397 e. The Kier molecular flexibility index (Phi) is 2.24. The van der Waals surface area contributed by atoms with Gasteiger partial charge in [0, 0.05) is 6.20 Å². The smallest absolute Gasteiger partial charge is 0.215 e. The lowest BCUT2D eigenvalue weighted by molar-refractivity contribution is 0.565. The highest BCUT2D eigenvalue weighted by Gasteiger charge is 2.28. The lowest BCUT2D eigenvalue weighted by atomic mass is 10.4. The second kappa shape index (κ2) is 3.75. The first-order chi connectivity index (χ1) is 7.84. The van der Waals surface area contributed by atoms with Gasteiger partial charge in [-0.3, -0.25) is 0 Å². The zero-order valence-electron chi connectivity index (χ0n) is 8.45. The molecule has 1 fully saturated rings. The topological polar surface area (TPSA) is 82.5 Å². The number of nitrogens with zero attached hydrogens (tertiary/aromatic N) is 5. The summed E-state index contributed by atoms with van der Waals surface area (Å²) < 4.78 is 1.85. The van der Waals surface area contributed by atoms with Crippen LogP contribution in [0.25, 0.3) is 0 Å². The average molecular weight is 234 g/mol. The molecule has 82 valence electrons. The molecule has 1 aliphatic rings. The van der Waals surface area contributed by atoms with Crippen LogP contribution in [0.2, 0.25) is 0 Å². The van der Waals surface area contributed by atoms with E-state index in [1.807, 2.05) is 16.8 Å². The molecule has 3 rings (SSSR count). The van der Waals surface area contributed by atoms with Crippen molar-refractivity contribution in [3.05, 3.63) is 18.3 Å². The van der Waals surface area contributed by atoms with Crippen LogP contribution < -0.4 is 5.73 Å². The second-order valence-corrected chi connectivity index (χ2v) is 4.59. The van der Waals surface area contributed by atoms with Crippen LogP contribution >= 0.6 is 11.8 Å². The van der Waals surface area contributed by atoms with E-state index in [2.05, 4.69) is 20.5 Å². The first-order valence-corrected chi connectivity index (χ1v) is 5.82. The minimum Gasteiger partial charge on any atom is -0.397 e. The van der Waals surface area contributed by atoms with E-state index >= 15 is 0 Å². The fraction of sp³-hybridized carbons (Fsp3) is 0.333. The molecule has 0 bridgehead atoms. The number of tetrazole rings is 1. The maximum absolute atomic E-state index is 5.82. The number of nitrogen functional groups attached to an aromatic ring is 1. The summed E-state index contributed by atoms with van der Waals surface area (Å²) in [5.41, 5.74) is 6.47. The van der Waals surface area contributed by atoms with E-state index in [4.69, 9.17) is 5.73 Å². The summed E-state index contributed by atoms with van der Waals surface area (Å²) in [6.07, 6.45) is 4.01. The lowest BCUT2D eigenvalue weighted by Gasteiger charge is -2.03. The van der Waals surface area contributed by atoms with Crippen molar-refractivity contribution in [2.75, 3.05) is 5.73 Å². The number of pyridine rings is 1. The number of nitrogens with two attached hydrogens (primary N) is 1. The zero-order chi connectivity index (χ0) is 11.0. The Hall–Kier alpha value is -1.63. The van der Waals surface area contributed by atoms with Gasteiger partial charge < -0.3 is 5.73 Å². The molecule has 0 amide bonds. The van der Waals surface area contributed by atoms with Gasteiger partial charge >= 0.3 is 0 Å². The van der Waals surface area contributed by atoms with Crippen molar-refractivity contribution in [3.63, 3.8) is 0 Å². The average Bonchev–Trinajstić information content (AvgIpc) is 3.03. The van der Waals surface area contributed by atoms with Crippen LogP contribution in [0.1, 0.15) is 18.9 Å². The summed E-state index contributed by atoms with van der Waals surface area (Å²) in [7, 11) is 0. The zero-order valence-corrected chi connectivity index (χ0v) is 9.26. The van der Waals surface area contributed by atoms with Crippen LogP contribution in [0.15, 0.2) is 28.5 Å². The molecule has 0 spiro atoms. The van der Waals surface area contributed by atoms with E-state index in [-0.39, 0.29) is 0 Å². The summed E-state index contributed by atoms with van der Waals surface area (Å²) >= 11 is 1.41. The van der Waals surface area contributed by atoms with E-state index in [1.165, 1.54) is 11.8 Å². The van der Waals surface area contributed by atoms with Crippen molar-refractivity contribution in [1.82, 2.24) is 25.2 Å². The molecule has 0 aliphatic heterocycles. The van der Waals surface area contributed by atoms with Crippen LogP contribution in [-0.2, 0) is 0 Å². The molecule has 1 aliphatic carbocycles. The molecular weight excluding hydrogens is 224 g/mol. The van der Waals surface area contributed by atoms with E-state index in [0.29, 0.717) is 11.7 Å². The quantitative estimate of drug-likeness (QED) is 0.857. The maximum Gasteiger partial charge on any atom is 0.215 e. The molecule has 16 heavy (non-hydrogen) atoms.